The molecule has 0 saturated carbocycles. The number of rotatable bonds is 7. The molecule has 0 radical (unpaired) electrons. The standard InChI is InChI=1S/C15H24O3/c1-11(2)15(12(3)9-16)18-10-13-5-7-14(17-4)8-6-13/h5-8,11-12,15-16H,9-10H2,1-4H3/t12-,15-/m0/s1. The summed E-state index contributed by atoms with van der Waals surface area (Å²) in [5.74, 6) is 1.40. The van der Waals surface area contributed by atoms with Crippen LogP contribution in [-0.2, 0) is 11.3 Å². The van der Waals surface area contributed by atoms with Crippen molar-refractivity contribution in [2.75, 3.05) is 13.7 Å². The van der Waals surface area contributed by atoms with Gasteiger partial charge in [-0.25, -0.2) is 0 Å². The van der Waals surface area contributed by atoms with E-state index in [1.807, 2.05) is 31.2 Å². The van der Waals surface area contributed by atoms with Gasteiger partial charge in [0.15, 0.2) is 0 Å². The topological polar surface area (TPSA) is 38.7 Å². The Morgan fingerprint density at radius 1 is 1.11 bits per heavy atom. The average Bonchev–Trinajstić information content (AvgIpc) is 2.39. The third-order valence-corrected chi connectivity index (χ3v) is 3.11. The van der Waals surface area contributed by atoms with Crippen LogP contribution in [-0.4, -0.2) is 24.9 Å². The van der Waals surface area contributed by atoms with E-state index in [1.165, 1.54) is 0 Å². The van der Waals surface area contributed by atoms with Crippen LogP contribution in [0.15, 0.2) is 24.3 Å². The molecule has 0 saturated heterocycles. The Labute approximate surface area is 110 Å². The van der Waals surface area contributed by atoms with Gasteiger partial charge in [0.25, 0.3) is 0 Å². The van der Waals surface area contributed by atoms with Crippen molar-refractivity contribution in [1.29, 1.82) is 0 Å². The van der Waals surface area contributed by atoms with Gasteiger partial charge in [-0.15, -0.1) is 0 Å². The van der Waals surface area contributed by atoms with E-state index < -0.39 is 0 Å². The summed E-state index contributed by atoms with van der Waals surface area (Å²) in [4.78, 5) is 0. The lowest BCUT2D eigenvalue weighted by molar-refractivity contribution is -0.0372. The molecule has 0 fully saturated rings. The molecule has 1 rings (SSSR count). The van der Waals surface area contributed by atoms with E-state index in [0.717, 1.165) is 11.3 Å². The predicted molar refractivity (Wildman–Crippen MR) is 72.7 cm³/mol. The fourth-order valence-electron chi connectivity index (χ4n) is 2.03. The maximum atomic E-state index is 9.22. The first-order valence-corrected chi connectivity index (χ1v) is 6.43. The molecule has 1 N–H and O–H groups in total. The number of methoxy groups -OCH3 is 1. The monoisotopic (exact) mass is 252 g/mol. The third-order valence-electron chi connectivity index (χ3n) is 3.11. The number of hydrogen-bond donors (Lipinski definition) is 1. The molecule has 102 valence electrons. The first kappa shape index (κ1) is 15.0. The zero-order valence-corrected chi connectivity index (χ0v) is 11.7. The smallest absolute Gasteiger partial charge is 0.118 e. The van der Waals surface area contributed by atoms with Gasteiger partial charge in [0, 0.05) is 12.5 Å². The Bertz CT molecular complexity index is 332. The van der Waals surface area contributed by atoms with Crippen molar-refractivity contribution in [3.8, 4) is 5.75 Å². The maximum Gasteiger partial charge on any atom is 0.118 e. The molecule has 3 heteroatoms. The quantitative estimate of drug-likeness (QED) is 0.811. The van der Waals surface area contributed by atoms with E-state index in [9.17, 15) is 5.11 Å². The lowest BCUT2D eigenvalue weighted by Gasteiger charge is -2.26. The molecule has 2 atom stereocenters. The minimum Gasteiger partial charge on any atom is -0.497 e. The van der Waals surface area contributed by atoms with Crippen molar-refractivity contribution in [3.05, 3.63) is 29.8 Å². The molecule has 0 heterocycles. The second-order valence-electron chi connectivity index (χ2n) is 5.03. The number of hydrogen-bond acceptors (Lipinski definition) is 3. The Hall–Kier alpha value is -1.06. The van der Waals surface area contributed by atoms with Crippen molar-refractivity contribution in [1.82, 2.24) is 0 Å². The summed E-state index contributed by atoms with van der Waals surface area (Å²) < 4.78 is 11.0. The van der Waals surface area contributed by atoms with Gasteiger partial charge in [0.1, 0.15) is 5.75 Å². The van der Waals surface area contributed by atoms with Gasteiger partial charge in [-0.2, -0.15) is 0 Å². The van der Waals surface area contributed by atoms with Crippen LogP contribution < -0.4 is 4.74 Å². The highest BCUT2D eigenvalue weighted by Crippen LogP contribution is 2.19. The van der Waals surface area contributed by atoms with Gasteiger partial charge in [0.05, 0.1) is 19.8 Å². The second kappa shape index (κ2) is 7.39. The minimum absolute atomic E-state index is 0.0806. The van der Waals surface area contributed by atoms with Gasteiger partial charge in [-0.1, -0.05) is 32.9 Å². The number of aliphatic hydroxyl groups is 1. The van der Waals surface area contributed by atoms with Crippen LogP contribution >= 0.6 is 0 Å². The Morgan fingerprint density at radius 3 is 2.17 bits per heavy atom. The van der Waals surface area contributed by atoms with Crippen molar-refractivity contribution in [3.63, 3.8) is 0 Å². The molecule has 1 aromatic rings. The van der Waals surface area contributed by atoms with Gasteiger partial charge >= 0.3 is 0 Å². The number of ether oxygens (including phenoxy) is 2. The normalized spacial score (nSPS) is 14.6. The first-order valence-electron chi connectivity index (χ1n) is 6.43. The zero-order chi connectivity index (χ0) is 13.5. The molecule has 3 nitrogen and oxygen atoms in total. The molecule has 0 aliphatic rings. The van der Waals surface area contributed by atoms with Crippen molar-refractivity contribution in [2.24, 2.45) is 11.8 Å². The summed E-state index contributed by atoms with van der Waals surface area (Å²) in [5, 5.41) is 9.22. The molecule has 0 amide bonds. The zero-order valence-electron chi connectivity index (χ0n) is 11.7. The highest BCUT2D eigenvalue weighted by Gasteiger charge is 2.20. The molecule has 1 aromatic carbocycles. The molecule has 0 aromatic heterocycles. The number of benzene rings is 1. The maximum absolute atomic E-state index is 9.22. The summed E-state index contributed by atoms with van der Waals surface area (Å²) in [5.41, 5.74) is 1.12. The van der Waals surface area contributed by atoms with E-state index in [2.05, 4.69) is 13.8 Å². The predicted octanol–water partition coefficient (Wildman–Crippen LogP) is 2.86. The van der Waals surface area contributed by atoms with Gasteiger partial charge in [0.2, 0.25) is 0 Å². The minimum atomic E-state index is 0.0806. The van der Waals surface area contributed by atoms with Crippen molar-refractivity contribution >= 4 is 0 Å². The third kappa shape index (κ3) is 4.31. The lowest BCUT2D eigenvalue weighted by atomic mass is 9.95. The van der Waals surface area contributed by atoms with E-state index in [4.69, 9.17) is 9.47 Å². The van der Waals surface area contributed by atoms with E-state index in [0.29, 0.717) is 12.5 Å². The summed E-state index contributed by atoms with van der Waals surface area (Å²) in [6.07, 6.45) is 0.0806. The van der Waals surface area contributed by atoms with Gasteiger partial charge in [-0.3, -0.25) is 0 Å². The summed E-state index contributed by atoms with van der Waals surface area (Å²) >= 11 is 0. The summed E-state index contributed by atoms with van der Waals surface area (Å²) in [6, 6.07) is 7.86. The molecular weight excluding hydrogens is 228 g/mol. The van der Waals surface area contributed by atoms with Crippen LogP contribution in [0.3, 0.4) is 0 Å². The number of aliphatic hydroxyl groups excluding tert-OH is 1. The highest BCUT2D eigenvalue weighted by atomic mass is 16.5. The van der Waals surface area contributed by atoms with Crippen LogP contribution in [0.2, 0.25) is 0 Å². The van der Waals surface area contributed by atoms with Crippen molar-refractivity contribution < 1.29 is 14.6 Å². The van der Waals surface area contributed by atoms with E-state index in [-0.39, 0.29) is 18.6 Å². The Balaban J connectivity index is 2.55. The van der Waals surface area contributed by atoms with Gasteiger partial charge < -0.3 is 14.6 Å². The summed E-state index contributed by atoms with van der Waals surface area (Å²) in [6.45, 7) is 6.97. The highest BCUT2D eigenvalue weighted by molar-refractivity contribution is 5.26. The largest absolute Gasteiger partial charge is 0.497 e. The van der Waals surface area contributed by atoms with Crippen LogP contribution in [0.5, 0.6) is 5.75 Å². The fourth-order valence-corrected chi connectivity index (χ4v) is 2.03. The molecule has 0 aliphatic carbocycles. The lowest BCUT2D eigenvalue weighted by Crippen LogP contribution is -2.29. The fraction of sp³-hybridized carbons (Fsp3) is 0.600. The van der Waals surface area contributed by atoms with E-state index in [1.54, 1.807) is 7.11 Å². The average molecular weight is 252 g/mol. The van der Waals surface area contributed by atoms with Crippen molar-refractivity contribution in [2.45, 2.75) is 33.5 Å². The first-order chi connectivity index (χ1) is 8.58. The van der Waals surface area contributed by atoms with Crippen LogP contribution in [0, 0.1) is 11.8 Å². The van der Waals surface area contributed by atoms with Crippen LogP contribution in [0.4, 0.5) is 0 Å². The van der Waals surface area contributed by atoms with Gasteiger partial charge in [-0.05, 0) is 23.6 Å². The molecule has 0 unspecified atom stereocenters. The molecular formula is C15H24O3. The molecule has 0 aliphatic heterocycles. The Morgan fingerprint density at radius 2 is 1.72 bits per heavy atom. The molecule has 18 heavy (non-hydrogen) atoms. The van der Waals surface area contributed by atoms with Crippen LogP contribution in [0.1, 0.15) is 26.3 Å². The SMILES string of the molecule is COc1ccc(CO[C@@H](C(C)C)[C@@H](C)CO)cc1. The molecule has 0 bridgehead atoms. The van der Waals surface area contributed by atoms with Crippen LogP contribution in [0.25, 0.3) is 0 Å². The second-order valence-corrected chi connectivity index (χ2v) is 5.03. The molecule has 0 spiro atoms. The summed E-state index contributed by atoms with van der Waals surface area (Å²) in [7, 11) is 1.66. The Kier molecular flexibility index (Phi) is 6.16. The van der Waals surface area contributed by atoms with E-state index >= 15 is 0 Å².